The van der Waals surface area contributed by atoms with E-state index in [2.05, 4.69) is 15.3 Å². The van der Waals surface area contributed by atoms with E-state index >= 15 is 0 Å². The quantitative estimate of drug-likeness (QED) is 0.297. The molecule has 0 aliphatic heterocycles. The Labute approximate surface area is 175 Å². The summed E-state index contributed by atoms with van der Waals surface area (Å²) in [6.07, 6.45) is 1.47. The van der Waals surface area contributed by atoms with E-state index in [-0.39, 0.29) is 10.7 Å². The molecule has 0 unspecified atom stereocenters. The number of nitrogens with one attached hydrogen (secondary N) is 1. The fourth-order valence-electron chi connectivity index (χ4n) is 2.95. The van der Waals surface area contributed by atoms with Crippen LogP contribution in [0.25, 0.3) is 21.3 Å². The molecule has 2 aromatic carbocycles. The van der Waals surface area contributed by atoms with Gasteiger partial charge >= 0.3 is 0 Å². The second-order valence-electron chi connectivity index (χ2n) is 6.06. The van der Waals surface area contributed by atoms with Crippen molar-refractivity contribution in [3.8, 4) is 16.9 Å². The Morgan fingerprint density at radius 3 is 2.72 bits per heavy atom. The van der Waals surface area contributed by atoms with Gasteiger partial charge in [0.25, 0.3) is 5.69 Å². The monoisotopic (exact) mass is 426 g/mol. The fraction of sp³-hybridized carbons (Fsp3) is 0.100. The maximum absolute atomic E-state index is 11.2. The number of anilines is 2. The van der Waals surface area contributed by atoms with E-state index in [4.69, 9.17) is 16.3 Å². The first-order valence-electron chi connectivity index (χ1n) is 8.73. The van der Waals surface area contributed by atoms with Crippen molar-refractivity contribution < 1.29 is 9.66 Å². The molecule has 2 aromatic heterocycles. The van der Waals surface area contributed by atoms with Gasteiger partial charge in [-0.3, -0.25) is 10.1 Å². The maximum Gasteiger partial charge on any atom is 0.289 e. The molecule has 0 atom stereocenters. The van der Waals surface area contributed by atoms with Crippen LogP contribution >= 0.6 is 22.9 Å². The van der Waals surface area contributed by atoms with Crippen LogP contribution < -0.4 is 10.1 Å². The number of nitrogens with zero attached hydrogens (tertiary/aromatic N) is 3. The summed E-state index contributed by atoms with van der Waals surface area (Å²) in [7, 11) is 0. The van der Waals surface area contributed by atoms with Crippen LogP contribution in [0.4, 0.5) is 17.2 Å². The zero-order valence-electron chi connectivity index (χ0n) is 15.3. The van der Waals surface area contributed by atoms with Crippen LogP contribution in [-0.2, 0) is 0 Å². The van der Waals surface area contributed by atoms with Crippen LogP contribution in [0.5, 0.6) is 5.75 Å². The topological polar surface area (TPSA) is 90.2 Å². The molecular weight excluding hydrogens is 412 g/mol. The van der Waals surface area contributed by atoms with Crippen LogP contribution in [0.15, 0.2) is 54.2 Å². The van der Waals surface area contributed by atoms with Gasteiger partial charge in [0, 0.05) is 22.7 Å². The van der Waals surface area contributed by atoms with E-state index in [9.17, 15) is 10.1 Å². The number of hydrogen-bond acceptors (Lipinski definition) is 7. The van der Waals surface area contributed by atoms with Crippen molar-refractivity contribution in [2.45, 2.75) is 6.92 Å². The van der Waals surface area contributed by atoms with Crippen molar-refractivity contribution >= 4 is 50.3 Å². The van der Waals surface area contributed by atoms with Crippen molar-refractivity contribution in [1.82, 2.24) is 9.97 Å². The van der Waals surface area contributed by atoms with Gasteiger partial charge in [0.2, 0.25) is 0 Å². The van der Waals surface area contributed by atoms with Crippen LogP contribution in [0.2, 0.25) is 5.02 Å². The molecule has 0 saturated carbocycles. The molecule has 1 N–H and O–H groups in total. The second-order valence-corrected chi connectivity index (χ2v) is 7.32. The number of fused-ring (bicyclic) bond motifs is 1. The van der Waals surface area contributed by atoms with E-state index < -0.39 is 4.92 Å². The third-order valence-electron chi connectivity index (χ3n) is 4.25. The molecule has 4 aromatic rings. The fourth-order valence-corrected chi connectivity index (χ4v) is 4.05. The third-order valence-corrected chi connectivity index (χ3v) is 5.46. The zero-order chi connectivity index (χ0) is 20.4. The number of nitro benzene ring substituents is 1. The number of ether oxygens (including phenoxy) is 1. The largest absolute Gasteiger partial charge is 0.494 e. The lowest BCUT2D eigenvalue weighted by Crippen LogP contribution is -1.97. The molecule has 0 aliphatic carbocycles. The van der Waals surface area contributed by atoms with Crippen molar-refractivity contribution in [1.29, 1.82) is 0 Å². The van der Waals surface area contributed by atoms with Crippen molar-refractivity contribution in [2.75, 3.05) is 11.9 Å². The van der Waals surface area contributed by atoms with Crippen LogP contribution in [0, 0.1) is 10.1 Å². The Morgan fingerprint density at radius 1 is 1.21 bits per heavy atom. The summed E-state index contributed by atoms with van der Waals surface area (Å²) in [5.41, 5.74) is 2.32. The molecule has 0 amide bonds. The summed E-state index contributed by atoms with van der Waals surface area (Å²) in [5.74, 6) is 1.37. The number of hydrogen-bond donors (Lipinski definition) is 1. The first-order chi connectivity index (χ1) is 14.1. The summed E-state index contributed by atoms with van der Waals surface area (Å²) in [6.45, 7) is 2.55. The average Bonchev–Trinajstić information content (AvgIpc) is 3.15. The number of halogens is 1. The van der Waals surface area contributed by atoms with Gasteiger partial charge in [-0.1, -0.05) is 23.7 Å². The maximum atomic E-state index is 11.2. The summed E-state index contributed by atoms with van der Waals surface area (Å²) < 4.78 is 5.51. The van der Waals surface area contributed by atoms with Gasteiger partial charge in [0.15, 0.2) is 0 Å². The highest BCUT2D eigenvalue weighted by Crippen LogP contribution is 2.38. The zero-order valence-corrected chi connectivity index (χ0v) is 16.8. The summed E-state index contributed by atoms with van der Waals surface area (Å²) >= 11 is 7.42. The minimum atomic E-state index is -0.515. The van der Waals surface area contributed by atoms with Gasteiger partial charge in [-0.05, 0) is 36.8 Å². The molecule has 29 heavy (non-hydrogen) atoms. The van der Waals surface area contributed by atoms with Crippen LogP contribution in [-0.4, -0.2) is 21.5 Å². The molecule has 4 rings (SSSR count). The Hall–Kier alpha value is -3.23. The Balaban J connectivity index is 1.75. The lowest BCUT2D eigenvalue weighted by Gasteiger charge is -2.09. The highest BCUT2D eigenvalue weighted by atomic mass is 35.5. The predicted octanol–water partition coefficient (Wildman–Crippen LogP) is 6.06. The molecule has 0 saturated heterocycles. The smallest absolute Gasteiger partial charge is 0.289 e. The lowest BCUT2D eigenvalue weighted by atomic mass is 10.1. The highest BCUT2D eigenvalue weighted by molar-refractivity contribution is 7.17. The highest BCUT2D eigenvalue weighted by Gasteiger charge is 2.16. The molecule has 7 nitrogen and oxygen atoms in total. The van der Waals surface area contributed by atoms with Crippen molar-refractivity contribution in [3.63, 3.8) is 0 Å². The number of aromatic nitrogens is 2. The molecule has 0 fully saturated rings. The Kier molecular flexibility index (Phi) is 5.28. The van der Waals surface area contributed by atoms with E-state index in [0.29, 0.717) is 18.1 Å². The molecule has 0 aliphatic rings. The lowest BCUT2D eigenvalue weighted by molar-refractivity contribution is -0.384. The minimum absolute atomic E-state index is 0.0824. The van der Waals surface area contributed by atoms with Crippen LogP contribution in [0.1, 0.15) is 6.92 Å². The molecule has 2 heterocycles. The van der Waals surface area contributed by atoms with Gasteiger partial charge in [-0.15, -0.1) is 11.3 Å². The van der Waals surface area contributed by atoms with E-state index in [1.807, 2.05) is 36.6 Å². The number of benzene rings is 2. The first kappa shape index (κ1) is 19.1. The van der Waals surface area contributed by atoms with Crippen LogP contribution in [0.3, 0.4) is 0 Å². The number of nitro groups is 1. The number of rotatable bonds is 6. The second kappa shape index (κ2) is 8.02. The molecule has 146 valence electrons. The summed E-state index contributed by atoms with van der Waals surface area (Å²) in [6, 6.07) is 12.4. The Bertz CT molecular complexity index is 1190. The van der Waals surface area contributed by atoms with Gasteiger partial charge in [-0.2, -0.15) is 0 Å². The van der Waals surface area contributed by atoms with Gasteiger partial charge in [-0.25, -0.2) is 9.97 Å². The van der Waals surface area contributed by atoms with E-state index in [1.54, 1.807) is 6.07 Å². The van der Waals surface area contributed by atoms with Crippen molar-refractivity contribution in [3.05, 3.63) is 69.3 Å². The molecule has 9 heteroatoms. The first-order valence-corrected chi connectivity index (χ1v) is 9.99. The van der Waals surface area contributed by atoms with E-state index in [0.717, 1.165) is 27.1 Å². The molecule has 0 radical (unpaired) electrons. The number of thiophene rings is 1. The van der Waals surface area contributed by atoms with Crippen molar-refractivity contribution in [2.24, 2.45) is 0 Å². The van der Waals surface area contributed by atoms with Gasteiger partial charge in [0.1, 0.15) is 27.7 Å². The Morgan fingerprint density at radius 2 is 2.00 bits per heavy atom. The minimum Gasteiger partial charge on any atom is -0.494 e. The predicted molar refractivity (Wildman–Crippen MR) is 115 cm³/mol. The average molecular weight is 427 g/mol. The summed E-state index contributed by atoms with van der Waals surface area (Å²) in [4.78, 5) is 20.2. The molecular formula is C20H15ClN4O3S. The standard InChI is InChI=1S/C20H15ClN4O3S/c1-2-28-14-6-3-12(4-7-14)15-10-29-20-18(15)19(22-11-23-20)24-13-5-8-16(21)17(9-13)25(26)27/h3-11H,2H2,1H3,(H,22,23,24). The molecule has 0 spiro atoms. The van der Waals surface area contributed by atoms with E-state index in [1.165, 1.54) is 29.8 Å². The van der Waals surface area contributed by atoms with Gasteiger partial charge < -0.3 is 10.1 Å². The summed E-state index contributed by atoms with van der Waals surface area (Å²) in [5, 5.41) is 17.3. The third kappa shape index (κ3) is 3.85. The normalized spacial score (nSPS) is 10.8. The van der Waals surface area contributed by atoms with Gasteiger partial charge in [0.05, 0.1) is 16.9 Å². The molecule has 0 bridgehead atoms. The SMILES string of the molecule is CCOc1ccc(-c2csc3ncnc(Nc4ccc(Cl)c([N+](=O)[O-])c4)c23)cc1.